The minimum Gasteiger partial charge on any atom is -0.374 e. The molecule has 1 rings (SSSR count). The van der Waals surface area contributed by atoms with Crippen molar-refractivity contribution in [1.82, 2.24) is 5.43 Å². The number of nitrogens with two attached hydrogens (primary N) is 1. The van der Waals surface area contributed by atoms with Crippen LogP contribution in [0.25, 0.3) is 0 Å². The van der Waals surface area contributed by atoms with Gasteiger partial charge in [-0.1, -0.05) is 46.0 Å². The van der Waals surface area contributed by atoms with Crippen molar-refractivity contribution < 1.29 is 4.74 Å². The van der Waals surface area contributed by atoms with Gasteiger partial charge in [0.25, 0.3) is 0 Å². The van der Waals surface area contributed by atoms with Gasteiger partial charge in [0.2, 0.25) is 0 Å². The number of hydrazine groups is 1. The molecule has 0 amide bonds. The van der Waals surface area contributed by atoms with E-state index in [-0.39, 0.29) is 5.60 Å². The average Bonchev–Trinajstić information content (AvgIpc) is 2.35. The Balaban J connectivity index is 2.66. The summed E-state index contributed by atoms with van der Waals surface area (Å²) in [5.41, 5.74) is 3.03. The van der Waals surface area contributed by atoms with Gasteiger partial charge in [-0.3, -0.25) is 11.3 Å². The standard InChI is InChI=1S/C15H32N2O/c1-4-6-7-10-14(17-16)15(18-5-2)11-8-9-13(3)12-15/h13-14,17H,4-12,16H2,1-3H3. The Labute approximate surface area is 113 Å². The fraction of sp³-hybridized carbons (Fsp3) is 1.00. The predicted molar refractivity (Wildman–Crippen MR) is 77.2 cm³/mol. The van der Waals surface area contributed by atoms with Crippen molar-refractivity contribution in [1.29, 1.82) is 0 Å². The molecule has 3 N–H and O–H groups in total. The van der Waals surface area contributed by atoms with E-state index in [0.717, 1.165) is 31.8 Å². The van der Waals surface area contributed by atoms with Crippen LogP contribution in [0.4, 0.5) is 0 Å². The third-order valence-electron chi connectivity index (χ3n) is 4.36. The van der Waals surface area contributed by atoms with Gasteiger partial charge >= 0.3 is 0 Å². The van der Waals surface area contributed by atoms with Crippen LogP contribution in [0, 0.1) is 5.92 Å². The first-order valence-electron chi connectivity index (χ1n) is 7.78. The maximum absolute atomic E-state index is 6.18. The highest BCUT2D eigenvalue weighted by molar-refractivity contribution is 4.96. The van der Waals surface area contributed by atoms with Gasteiger partial charge in [0.05, 0.1) is 11.6 Å². The Bertz CT molecular complexity index is 219. The molecule has 3 heteroatoms. The first-order valence-corrected chi connectivity index (χ1v) is 7.78. The molecule has 0 aromatic carbocycles. The van der Waals surface area contributed by atoms with E-state index in [0.29, 0.717) is 6.04 Å². The van der Waals surface area contributed by atoms with Crippen molar-refractivity contribution in [3.63, 3.8) is 0 Å². The molecule has 108 valence electrons. The fourth-order valence-electron chi connectivity index (χ4n) is 3.48. The molecular formula is C15H32N2O. The van der Waals surface area contributed by atoms with Gasteiger partial charge in [0.1, 0.15) is 0 Å². The lowest BCUT2D eigenvalue weighted by atomic mass is 9.73. The molecule has 1 aliphatic carbocycles. The molecule has 3 atom stereocenters. The van der Waals surface area contributed by atoms with Crippen LogP contribution in [0.15, 0.2) is 0 Å². The van der Waals surface area contributed by atoms with Crippen LogP contribution in [0.5, 0.6) is 0 Å². The summed E-state index contributed by atoms with van der Waals surface area (Å²) in [6, 6.07) is 0.312. The van der Waals surface area contributed by atoms with Crippen LogP contribution in [0.2, 0.25) is 0 Å². The van der Waals surface area contributed by atoms with Crippen molar-refractivity contribution in [2.45, 2.75) is 83.8 Å². The molecule has 3 nitrogen and oxygen atoms in total. The molecule has 1 saturated carbocycles. The van der Waals surface area contributed by atoms with Crippen LogP contribution in [-0.4, -0.2) is 18.2 Å². The number of hydrogen-bond donors (Lipinski definition) is 2. The van der Waals surface area contributed by atoms with Gasteiger partial charge in [-0.05, 0) is 32.1 Å². The average molecular weight is 256 g/mol. The zero-order valence-corrected chi connectivity index (χ0v) is 12.5. The van der Waals surface area contributed by atoms with E-state index < -0.39 is 0 Å². The van der Waals surface area contributed by atoms with Crippen LogP contribution in [-0.2, 0) is 4.74 Å². The summed E-state index contributed by atoms with van der Waals surface area (Å²) < 4.78 is 6.18. The number of ether oxygens (including phenoxy) is 1. The summed E-state index contributed by atoms with van der Waals surface area (Å²) in [6.07, 6.45) is 9.85. The summed E-state index contributed by atoms with van der Waals surface area (Å²) in [5.74, 6) is 6.57. The molecule has 0 aliphatic heterocycles. The van der Waals surface area contributed by atoms with E-state index in [1.54, 1.807) is 0 Å². The molecule has 3 unspecified atom stereocenters. The third kappa shape index (κ3) is 4.22. The highest BCUT2D eigenvalue weighted by Gasteiger charge is 2.41. The highest BCUT2D eigenvalue weighted by atomic mass is 16.5. The van der Waals surface area contributed by atoms with Gasteiger partial charge in [0.15, 0.2) is 0 Å². The van der Waals surface area contributed by atoms with Crippen molar-refractivity contribution in [3.8, 4) is 0 Å². The minimum atomic E-state index is -0.0189. The van der Waals surface area contributed by atoms with Crippen LogP contribution in [0.1, 0.15) is 72.1 Å². The van der Waals surface area contributed by atoms with Gasteiger partial charge in [-0.2, -0.15) is 0 Å². The number of hydrogen-bond acceptors (Lipinski definition) is 3. The molecule has 18 heavy (non-hydrogen) atoms. The summed E-state index contributed by atoms with van der Waals surface area (Å²) >= 11 is 0. The minimum absolute atomic E-state index is 0.0189. The normalized spacial score (nSPS) is 30.3. The number of nitrogens with one attached hydrogen (secondary N) is 1. The number of rotatable bonds is 8. The maximum Gasteiger partial charge on any atom is 0.0850 e. The Morgan fingerprint density at radius 3 is 2.72 bits per heavy atom. The van der Waals surface area contributed by atoms with Gasteiger partial charge in [0, 0.05) is 6.61 Å². The zero-order chi connectivity index (χ0) is 13.4. The first-order chi connectivity index (χ1) is 8.68. The topological polar surface area (TPSA) is 47.3 Å². The van der Waals surface area contributed by atoms with Crippen LogP contribution in [0.3, 0.4) is 0 Å². The lowest BCUT2D eigenvalue weighted by Crippen LogP contribution is -2.56. The lowest BCUT2D eigenvalue weighted by Gasteiger charge is -2.45. The summed E-state index contributed by atoms with van der Waals surface area (Å²) in [7, 11) is 0. The van der Waals surface area contributed by atoms with Gasteiger partial charge in [-0.25, -0.2) is 0 Å². The quantitative estimate of drug-likeness (QED) is 0.397. The molecule has 1 aliphatic rings. The molecule has 1 fully saturated rings. The van der Waals surface area contributed by atoms with Crippen LogP contribution >= 0.6 is 0 Å². The molecule has 0 saturated heterocycles. The Morgan fingerprint density at radius 1 is 1.39 bits per heavy atom. The zero-order valence-electron chi connectivity index (χ0n) is 12.5. The molecule has 0 radical (unpaired) electrons. The summed E-state index contributed by atoms with van der Waals surface area (Å²) in [5, 5.41) is 0. The van der Waals surface area contributed by atoms with Gasteiger partial charge < -0.3 is 4.74 Å². The van der Waals surface area contributed by atoms with E-state index in [4.69, 9.17) is 10.6 Å². The Hall–Kier alpha value is -0.120. The largest absolute Gasteiger partial charge is 0.374 e. The second kappa shape index (κ2) is 8.13. The van der Waals surface area contributed by atoms with Crippen molar-refractivity contribution in [2.24, 2.45) is 11.8 Å². The second-order valence-corrected chi connectivity index (χ2v) is 5.91. The number of unbranched alkanes of at least 4 members (excludes halogenated alkanes) is 2. The van der Waals surface area contributed by atoms with E-state index >= 15 is 0 Å². The Morgan fingerprint density at radius 2 is 2.17 bits per heavy atom. The van der Waals surface area contributed by atoms with Crippen molar-refractivity contribution in [3.05, 3.63) is 0 Å². The van der Waals surface area contributed by atoms with E-state index in [9.17, 15) is 0 Å². The Kier molecular flexibility index (Phi) is 7.20. The van der Waals surface area contributed by atoms with Crippen molar-refractivity contribution >= 4 is 0 Å². The molecule has 0 heterocycles. The molecule has 0 spiro atoms. The second-order valence-electron chi connectivity index (χ2n) is 5.91. The highest BCUT2D eigenvalue weighted by Crippen LogP contribution is 2.39. The maximum atomic E-state index is 6.18. The molecule has 0 bridgehead atoms. The smallest absolute Gasteiger partial charge is 0.0850 e. The van der Waals surface area contributed by atoms with E-state index in [1.165, 1.54) is 32.1 Å². The fourth-order valence-corrected chi connectivity index (χ4v) is 3.48. The summed E-state index contributed by atoms with van der Waals surface area (Å²) in [6.45, 7) is 7.47. The van der Waals surface area contributed by atoms with Crippen LogP contribution < -0.4 is 11.3 Å². The first kappa shape index (κ1) is 15.9. The molecular weight excluding hydrogens is 224 g/mol. The van der Waals surface area contributed by atoms with Crippen molar-refractivity contribution in [2.75, 3.05) is 6.61 Å². The lowest BCUT2D eigenvalue weighted by molar-refractivity contribution is -0.102. The molecule has 0 aromatic heterocycles. The monoisotopic (exact) mass is 256 g/mol. The SMILES string of the molecule is CCCCCC(NN)C1(OCC)CCCC(C)C1. The van der Waals surface area contributed by atoms with E-state index in [1.807, 2.05) is 0 Å². The summed E-state index contributed by atoms with van der Waals surface area (Å²) in [4.78, 5) is 0. The van der Waals surface area contributed by atoms with E-state index in [2.05, 4.69) is 26.2 Å². The van der Waals surface area contributed by atoms with Gasteiger partial charge in [-0.15, -0.1) is 0 Å². The third-order valence-corrected chi connectivity index (χ3v) is 4.36. The predicted octanol–water partition coefficient (Wildman–Crippen LogP) is 3.38. The molecule has 0 aromatic rings.